The molecule has 8 heteroatoms. The number of hydrogen-bond donors (Lipinski definition) is 1. The number of aryl methyl sites for hydroxylation is 1. The number of benzene rings is 1. The topological polar surface area (TPSA) is 99.0 Å². The van der Waals surface area contributed by atoms with Crippen LogP contribution in [-0.4, -0.2) is 25.8 Å². The predicted molar refractivity (Wildman–Crippen MR) is 93.3 cm³/mol. The molecule has 0 saturated carbocycles. The Morgan fingerprint density at radius 1 is 1.19 bits per heavy atom. The molecule has 3 heterocycles. The van der Waals surface area contributed by atoms with Crippen molar-refractivity contribution >= 4 is 11.6 Å². The molecule has 0 unspecified atom stereocenters. The first-order valence-corrected chi connectivity index (χ1v) is 8.05. The Balaban J connectivity index is 1.54. The summed E-state index contributed by atoms with van der Waals surface area (Å²) < 4.78 is 12.3. The lowest BCUT2D eigenvalue weighted by Crippen LogP contribution is -2.12. The number of nitrogens with zero attached hydrogens (tertiary/aromatic N) is 4. The van der Waals surface area contributed by atoms with Crippen LogP contribution >= 0.6 is 0 Å². The maximum Gasteiger partial charge on any atom is 0.277 e. The molecule has 1 aromatic carbocycles. The standard InChI is InChI=1S/C18H15N5O3/c1-2-23-11-19-21-17(23)12-5-3-6-13(9-12)20-18(24)14-10-16(26-22-14)15-7-4-8-25-15/h3-11H,2H2,1H3,(H,20,24). The molecule has 0 radical (unpaired) electrons. The number of nitrogens with one attached hydrogen (secondary N) is 1. The molecular formula is C18H15N5O3. The second-order valence-corrected chi connectivity index (χ2v) is 5.53. The van der Waals surface area contributed by atoms with E-state index >= 15 is 0 Å². The van der Waals surface area contributed by atoms with Crippen molar-refractivity contribution in [3.8, 4) is 22.9 Å². The largest absolute Gasteiger partial charge is 0.461 e. The van der Waals surface area contributed by atoms with Gasteiger partial charge in [0.2, 0.25) is 5.76 Å². The van der Waals surface area contributed by atoms with Crippen LogP contribution < -0.4 is 5.32 Å². The molecule has 4 aromatic rings. The molecule has 0 aliphatic rings. The molecular weight excluding hydrogens is 334 g/mol. The molecule has 0 atom stereocenters. The molecule has 130 valence electrons. The third-order valence-corrected chi connectivity index (χ3v) is 3.84. The van der Waals surface area contributed by atoms with Crippen LogP contribution in [0.4, 0.5) is 5.69 Å². The molecule has 8 nitrogen and oxygen atoms in total. The van der Waals surface area contributed by atoms with E-state index in [1.807, 2.05) is 29.7 Å². The number of hydrogen-bond acceptors (Lipinski definition) is 6. The van der Waals surface area contributed by atoms with Gasteiger partial charge in [0.1, 0.15) is 6.33 Å². The maximum absolute atomic E-state index is 12.4. The van der Waals surface area contributed by atoms with Crippen LogP contribution in [0.3, 0.4) is 0 Å². The summed E-state index contributed by atoms with van der Waals surface area (Å²) in [4.78, 5) is 12.4. The Bertz CT molecular complexity index is 1030. The van der Waals surface area contributed by atoms with Crippen molar-refractivity contribution < 1.29 is 13.7 Å². The zero-order chi connectivity index (χ0) is 17.9. The van der Waals surface area contributed by atoms with Crippen LogP contribution in [0.2, 0.25) is 0 Å². The van der Waals surface area contributed by atoms with E-state index in [1.165, 1.54) is 12.3 Å². The maximum atomic E-state index is 12.4. The molecule has 26 heavy (non-hydrogen) atoms. The van der Waals surface area contributed by atoms with Crippen LogP contribution in [0.25, 0.3) is 22.9 Å². The summed E-state index contributed by atoms with van der Waals surface area (Å²) in [6.45, 7) is 2.77. The van der Waals surface area contributed by atoms with E-state index in [0.29, 0.717) is 17.2 Å². The fourth-order valence-corrected chi connectivity index (χ4v) is 2.56. The number of anilines is 1. The number of furan rings is 1. The summed E-state index contributed by atoms with van der Waals surface area (Å²) in [5.74, 6) is 1.27. The highest BCUT2D eigenvalue weighted by Crippen LogP contribution is 2.23. The Labute approximate surface area is 148 Å². The second kappa shape index (κ2) is 6.67. The SMILES string of the molecule is CCn1cnnc1-c1cccc(NC(=O)c2cc(-c3ccco3)on2)c1. The first-order valence-electron chi connectivity index (χ1n) is 8.05. The van der Waals surface area contributed by atoms with E-state index in [4.69, 9.17) is 8.94 Å². The number of carbonyl (C=O) groups is 1. The Hall–Kier alpha value is -3.68. The minimum Gasteiger partial charge on any atom is -0.461 e. The van der Waals surface area contributed by atoms with Gasteiger partial charge in [-0.05, 0) is 31.2 Å². The average Bonchev–Trinajstić information content (AvgIpc) is 3.42. The van der Waals surface area contributed by atoms with Gasteiger partial charge in [0, 0.05) is 23.9 Å². The number of carbonyl (C=O) groups excluding carboxylic acids is 1. The quantitative estimate of drug-likeness (QED) is 0.592. The summed E-state index contributed by atoms with van der Waals surface area (Å²) in [6.07, 6.45) is 3.20. The smallest absolute Gasteiger partial charge is 0.277 e. The van der Waals surface area contributed by atoms with Gasteiger partial charge in [-0.1, -0.05) is 17.3 Å². The Kier molecular flexibility index (Phi) is 4.06. The zero-order valence-corrected chi connectivity index (χ0v) is 13.9. The van der Waals surface area contributed by atoms with Gasteiger partial charge in [0.05, 0.1) is 6.26 Å². The highest BCUT2D eigenvalue weighted by molar-refractivity contribution is 6.03. The predicted octanol–water partition coefficient (Wildman–Crippen LogP) is 3.47. The first kappa shape index (κ1) is 15.8. The van der Waals surface area contributed by atoms with Crippen molar-refractivity contribution in [2.45, 2.75) is 13.5 Å². The lowest BCUT2D eigenvalue weighted by atomic mass is 10.2. The van der Waals surface area contributed by atoms with Gasteiger partial charge in [-0.3, -0.25) is 4.79 Å². The van der Waals surface area contributed by atoms with Gasteiger partial charge in [-0.15, -0.1) is 10.2 Å². The zero-order valence-electron chi connectivity index (χ0n) is 13.9. The molecule has 1 amide bonds. The molecule has 0 saturated heterocycles. The fraction of sp³-hybridized carbons (Fsp3) is 0.111. The van der Waals surface area contributed by atoms with Gasteiger partial charge in [0.25, 0.3) is 5.91 Å². The molecule has 4 rings (SSSR count). The summed E-state index contributed by atoms with van der Waals surface area (Å²) in [7, 11) is 0. The monoisotopic (exact) mass is 349 g/mol. The average molecular weight is 349 g/mol. The third-order valence-electron chi connectivity index (χ3n) is 3.84. The van der Waals surface area contributed by atoms with Crippen LogP contribution in [-0.2, 0) is 6.54 Å². The number of amides is 1. The van der Waals surface area contributed by atoms with Gasteiger partial charge < -0.3 is 18.8 Å². The van der Waals surface area contributed by atoms with Gasteiger partial charge in [-0.2, -0.15) is 0 Å². The third kappa shape index (κ3) is 3.00. The lowest BCUT2D eigenvalue weighted by molar-refractivity contribution is 0.101. The summed E-state index contributed by atoms with van der Waals surface area (Å²) in [6, 6.07) is 12.4. The van der Waals surface area contributed by atoms with Gasteiger partial charge in [0.15, 0.2) is 17.3 Å². The van der Waals surface area contributed by atoms with Crippen LogP contribution in [0.5, 0.6) is 0 Å². The van der Waals surface area contributed by atoms with Crippen molar-refractivity contribution in [1.82, 2.24) is 19.9 Å². The van der Waals surface area contributed by atoms with Gasteiger partial charge in [-0.25, -0.2) is 0 Å². The van der Waals surface area contributed by atoms with Crippen molar-refractivity contribution in [2.75, 3.05) is 5.32 Å². The fourth-order valence-electron chi connectivity index (χ4n) is 2.56. The summed E-state index contributed by atoms with van der Waals surface area (Å²) in [5, 5.41) is 14.7. The lowest BCUT2D eigenvalue weighted by Gasteiger charge is -2.07. The van der Waals surface area contributed by atoms with Gasteiger partial charge >= 0.3 is 0 Å². The number of aromatic nitrogens is 4. The van der Waals surface area contributed by atoms with E-state index < -0.39 is 0 Å². The van der Waals surface area contributed by atoms with E-state index in [0.717, 1.165) is 17.9 Å². The molecule has 0 aliphatic carbocycles. The Morgan fingerprint density at radius 3 is 2.92 bits per heavy atom. The van der Waals surface area contributed by atoms with E-state index in [1.54, 1.807) is 24.5 Å². The molecule has 0 aliphatic heterocycles. The van der Waals surface area contributed by atoms with E-state index in [9.17, 15) is 4.79 Å². The molecule has 0 bridgehead atoms. The van der Waals surface area contributed by atoms with E-state index in [-0.39, 0.29) is 11.6 Å². The summed E-state index contributed by atoms with van der Waals surface area (Å²) >= 11 is 0. The molecule has 3 aromatic heterocycles. The molecule has 0 fully saturated rings. The minimum atomic E-state index is -0.374. The first-order chi connectivity index (χ1) is 12.7. The normalized spacial score (nSPS) is 10.8. The highest BCUT2D eigenvalue weighted by atomic mass is 16.5. The van der Waals surface area contributed by atoms with Crippen LogP contribution in [0.15, 0.2) is 64.0 Å². The van der Waals surface area contributed by atoms with Crippen molar-refractivity contribution in [1.29, 1.82) is 0 Å². The van der Waals surface area contributed by atoms with E-state index in [2.05, 4.69) is 20.7 Å². The number of rotatable bonds is 5. The van der Waals surface area contributed by atoms with Crippen LogP contribution in [0.1, 0.15) is 17.4 Å². The second-order valence-electron chi connectivity index (χ2n) is 5.53. The molecule has 0 spiro atoms. The van der Waals surface area contributed by atoms with Crippen molar-refractivity contribution in [2.24, 2.45) is 0 Å². The van der Waals surface area contributed by atoms with Crippen LogP contribution in [0, 0.1) is 0 Å². The van der Waals surface area contributed by atoms with Crippen molar-refractivity contribution in [3.63, 3.8) is 0 Å². The Morgan fingerprint density at radius 2 is 2.12 bits per heavy atom. The highest BCUT2D eigenvalue weighted by Gasteiger charge is 2.16. The summed E-state index contributed by atoms with van der Waals surface area (Å²) in [5.41, 5.74) is 1.65. The minimum absolute atomic E-state index is 0.165. The molecule has 1 N–H and O–H groups in total. The van der Waals surface area contributed by atoms with Crippen molar-refractivity contribution in [3.05, 3.63) is 60.7 Å².